The number of benzene rings is 2. The highest BCUT2D eigenvalue weighted by molar-refractivity contribution is 5.77. The highest BCUT2D eigenvalue weighted by atomic mass is 19.4. The van der Waals surface area contributed by atoms with Gasteiger partial charge in [0.2, 0.25) is 5.91 Å². The minimum absolute atomic E-state index is 0.133. The highest BCUT2D eigenvalue weighted by Gasteiger charge is 2.42. The van der Waals surface area contributed by atoms with Gasteiger partial charge >= 0.3 is 18.4 Å². The summed E-state index contributed by atoms with van der Waals surface area (Å²) in [7, 11) is 1.48. The molecule has 2 aliphatic rings. The molecular weight excluding hydrogens is 602 g/mol. The fraction of sp³-hybridized carbons (Fsp3) is 0.515. The summed E-state index contributed by atoms with van der Waals surface area (Å²) >= 11 is 0. The molecule has 246 valence electrons. The first-order valence-electron chi connectivity index (χ1n) is 14.6. The van der Waals surface area contributed by atoms with Crippen molar-refractivity contribution in [3.8, 4) is 5.75 Å². The van der Waals surface area contributed by atoms with Crippen LogP contribution in [0.5, 0.6) is 5.75 Å². The third-order valence-corrected chi connectivity index (χ3v) is 8.46. The van der Waals surface area contributed by atoms with Crippen LogP contribution < -0.4 is 4.74 Å². The van der Waals surface area contributed by atoms with Crippen molar-refractivity contribution in [3.05, 3.63) is 69.8 Å². The predicted molar refractivity (Wildman–Crippen MR) is 156 cm³/mol. The lowest BCUT2D eigenvalue weighted by molar-refractivity contribution is -0.161. The number of rotatable bonds is 8. The lowest BCUT2D eigenvalue weighted by Crippen LogP contribution is -2.37. The summed E-state index contributed by atoms with van der Waals surface area (Å²) in [5.74, 6) is -0.221. The summed E-state index contributed by atoms with van der Waals surface area (Å²) in [5.41, 5.74) is 2.60. The number of carbonyl (C=O) groups excluding carboxylic acids is 2. The molecule has 0 N–H and O–H groups in total. The van der Waals surface area contributed by atoms with Crippen LogP contribution in [-0.4, -0.2) is 54.2 Å². The van der Waals surface area contributed by atoms with Gasteiger partial charge in [0, 0.05) is 25.6 Å². The zero-order valence-electron chi connectivity index (χ0n) is 26.2. The second kappa shape index (κ2) is 12.6. The van der Waals surface area contributed by atoms with Crippen LogP contribution in [0.2, 0.25) is 0 Å². The van der Waals surface area contributed by atoms with Crippen molar-refractivity contribution in [1.29, 1.82) is 0 Å². The third-order valence-electron chi connectivity index (χ3n) is 8.46. The van der Waals surface area contributed by atoms with Crippen LogP contribution in [0.4, 0.5) is 31.1 Å². The Labute approximate surface area is 259 Å². The van der Waals surface area contributed by atoms with E-state index in [1.165, 1.54) is 12.0 Å². The Balaban J connectivity index is 1.70. The molecule has 1 fully saturated rings. The zero-order valence-corrected chi connectivity index (χ0v) is 26.2. The topological polar surface area (TPSA) is 59.1 Å². The van der Waals surface area contributed by atoms with Crippen molar-refractivity contribution >= 4 is 17.6 Å². The normalized spacial score (nSPS) is 20.4. The summed E-state index contributed by atoms with van der Waals surface area (Å²) in [6.45, 7) is 7.08. The van der Waals surface area contributed by atoms with Crippen molar-refractivity contribution < 1.29 is 45.4 Å². The lowest BCUT2D eigenvalue weighted by Gasteiger charge is -2.36. The van der Waals surface area contributed by atoms with Gasteiger partial charge in [-0.2, -0.15) is 26.3 Å². The second-order valence-electron chi connectivity index (χ2n) is 12.8. The Morgan fingerprint density at radius 3 is 2.40 bits per heavy atom. The maximum Gasteiger partial charge on any atom is 0.416 e. The maximum absolute atomic E-state index is 13.5. The number of methoxy groups -OCH3 is 1. The molecule has 4 rings (SSSR count). The number of carbonyl (C=O) groups is 2. The van der Waals surface area contributed by atoms with Gasteiger partial charge in [0.25, 0.3) is 0 Å². The van der Waals surface area contributed by atoms with Crippen LogP contribution in [0.3, 0.4) is 0 Å². The molecule has 6 nitrogen and oxygen atoms in total. The molecule has 0 bridgehead atoms. The Morgan fingerprint density at radius 1 is 1.11 bits per heavy atom. The molecule has 2 amide bonds. The first kappa shape index (κ1) is 34.2. The molecule has 0 aromatic heterocycles. The van der Waals surface area contributed by atoms with E-state index in [1.54, 1.807) is 38.1 Å². The minimum Gasteiger partial charge on any atom is -0.496 e. The molecular formula is C33H38F6N2O4. The predicted octanol–water partition coefficient (Wildman–Crippen LogP) is 8.48. The highest BCUT2D eigenvalue weighted by Crippen LogP contribution is 2.46. The number of halogens is 6. The van der Waals surface area contributed by atoms with Gasteiger partial charge in [-0.05, 0) is 85.1 Å². The van der Waals surface area contributed by atoms with Crippen molar-refractivity contribution in [2.45, 2.75) is 84.9 Å². The number of alkyl halides is 6. The van der Waals surface area contributed by atoms with Crippen LogP contribution in [0, 0.1) is 12.3 Å². The number of amides is 2. The van der Waals surface area contributed by atoms with Gasteiger partial charge in [-0.3, -0.25) is 9.69 Å². The molecule has 1 saturated heterocycles. The number of hydrogen-bond donors (Lipinski definition) is 0. The van der Waals surface area contributed by atoms with Crippen molar-refractivity contribution in [1.82, 2.24) is 9.80 Å². The van der Waals surface area contributed by atoms with Gasteiger partial charge < -0.3 is 14.4 Å². The molecule has 45 heavy (non-hydrogen) atoms. The zero-order chi connectivity index (χ0) is 33.5. The Hall–Kier alpha value is -3.70. The first-order valence-corrected chi connectivity index (χ1v) is 14.6. The molecule has 2 unspecified atom stereocenters. The number of aryl methyl sites for hydroxylation is 1. The monoisotopic (exact) mass is 640 g/mol. The fourth-order valence-electron chi connectivity index (χ4n) is 6.20. The fourth-order valence-corrected chi connectivity index (χ4v) is 6.20. The van der Waals surface area contributed by atoms with Gasteiger partial charge in [-0.25, -0.2) is 4.79 Å². The number of hydrogen-bond acceptors (Lipinski definition) is 4. The molecule has 2 aromatic rings. The Morgan fingerprint density at radius 2 is 1.80 bits per heavy atom. The van der Waals surface area contributed by atoms with E-state index in [0.717, 1.165) is 41.5 Å². The largest absolute Gasteiger partial charge is 0.496 e. The van der Waals surface area contributed by atoms with E-state index in [0.29, 0.717) is 35.3 Å². The minimum atomic E-state index is -4.56. The molecule has 1 aliphatic heterocycles. The van der Waals surface area contributed by atoms with Crippen molar-refractivity contribution in [3.63, 3.8) is 0 Å². The Bertz CT molecular complexity index is 1480. The summed E-state index contributed by atoms with van der Waals surface area (Å²) < 4.78 is 91.4. The Kier molecular flexibility index (Phi) is 9.57. The van der Waals surface area contributed by atoms with Crippen LogP contribution in [0.25, 0.3) is 5.57 Å². The number of allylic oxidation sites excluding steroid dienone is 1. The maximum atomic E-state index is 13.5. The van der Waals surface area contributed by atoms with E-state index in [2.05, 4.69) is 13.8 Å². The van der Waals surface area contributed by atoms with Gasteiger partial charge in [0.15, 0.2) is 0 Å². The molecule has 1 heterocycles. The molecule has 1 aliphatic carbocycles. The van der Waals surface area contributed by atoms with E-state index in [1.807, 2.05) is 0 Å². The SMILES string of the molecule is COc1ccc(CN(CC(F)(F)F)C(C)=O)cc1C1=C(CN2C(=O)OC(c3cc(C)cc(C(F)(F)F)c3)C2C)CC(C)(C)CC1. The third kappa shape index (κ3) is 8.12. The summed E-state index contributed by atoms with van der Waals surface area (Å²) in [6, 6.07) is 8.05. The molecule has 2 aromatic carbocycles. The van der Waals surface area contributed by atoms with Crippen LogP contribution in [0.1, 0.15) is 80.9 Å². The van der Waals surface area contributed by atoms with E-state index >= 15 is 0 Å². The number of nitrogens with zero attached hydrogens (tertiary/aromatic N) is 2. The van der Waals surface area contributed by atoms with Crippen molar-refractivity contribution in [2.75, 3.05) is 20.2 Å². The smallest absolute Gasteiger partial charge is 0.416 e. The van der Waals surface area contributed by atoms with Gasteiger partial charge in [-0.15, -0.1) is 0 Å². The average Bonchev–Trinajstić information content (AvgIpc) is 3.19. The first-order chi connectivity index (χ1) is 20.8. The standard InChI is InChI=1S/C33H38F6N2O4/c1-19-11-23(14-25(12-19)33(37,38)39)29-20(2)41(30(43)45-29)17-24-15-31(4,5)10-9-26(24)27-13-22(7-8-28(27)44-6)16-40(21(3)42)18-32(34,35)36/h7-8,11-14,20,29H,9-10,15-18H2,1-6H3. The molecule has 0 saturated carbocycles. The van der Waals surface area contributed by atoms with Crippen LogP contribution in [-0.2, 0) is 22.3 Å². The van der Waals surface area contributed by atoms with E-state index < -0.39 is 48.6 Å². The van der Waals surface area contributed by atoms with E-state index in [9.17, 15) is 35.9 Å². The van der Waals surface area contributed by atoms with E-state index in [-0.39, 0.29) is 24.1 Å². The number of cyclic esters (lactones) is 1. The van der Waals surface area contributed by atoms with Crippen LogP contribution in [0.15, 0.2) is 42.0 Å². The number of ether oxygens (including phenoxy) is 2. The molecule has 0 spiro atoms. The average molecular weight is 641 g/mol. The van der Waals surface area contributed by atoms with Crippen molar-refractivity contribution in [2.24, 2.45) is 5.41 Å². The van der Waals surface area contributed by atoms with Gasteiger partial charge in [0.1, 0.15) is 18.4 Å². The van der Waals surface area contributed by atoms with Gasteiger partial charge in [-0.1, -0.05) is 31.5 Å². The van der Waals surface area contributed by atoms with Gasteiger partial charge in [0.05, 0.1) is 18.7 Å². The quantitative estimate of drug-likeness (QED) is 0.272. The van der Waals surface area contributed by atoms with Crippen LogP contribution >= 0.6 is 0 Å². The molecule has 0 radical (unpaired) electrons. The second-order valence-corrected chi connectivity index (χ2v) is 12.8. The summed E-state index contributed by atoms with van der Waals surface area (Å²) in [6.07, 6.45) is -8.70. The summed E-state index contributed by atoms with van der Waals surface area (Å²) in [5, 5.41) is 0. The molecule has 12 heteroatoms. The van der Waals surface area contributed by atoms with E-state index in [4.69, 9.17) is 9.47 Å². The summed E-state index contributed by atoms with van der Waals surface area (Å²) in [4.78, 5) is 27.4. The lowest BCUT2D eigenvalue weighted by atomic mass is 9.72. The molecule has 2 atom stereocenters.